The van der Waals surface area contributed by atoms with Gasteiger partial charge in [0.05, 0.1) is 12.6 Å². The lowest BCUT2D eigenvalue weighted by Gasteiger charge is -2.26. The zero-order valence-electron chi connectivity index (χ0n) is 9.43. The highest BCUT2D eigenvalue weighted by Gasteiger charge is 2.36. The maximum Gasteiger partial charge on any atom is 0.320 e. The molecule has 0 fully saturated rings. The van der Waals surface area contributed by atoms with Crippen molar-refractivity contribution in [3.63, 3.8) is 0 Å². The zero-order valence-corrected chi connectivity index (χ0v) is 11.6. The van der Waals surface area contributed by atoms with Gasteiger partial charge in [-0.3, -0.25) is 4.79 Å². The zero-order chi connectivity index (χ0) is 12.1. The van der Waals surface area contributed by atoms with Crippen molar-refractivity contribution in [1.29, 1.82) is 0 Å². The van der Waals surface area contributed by atoms with Crippen molar-refractivity contribution in [2.45, 2.75) is 49.2 Å². The summed E-state index contributed by atoms with van der Waals surface area (Å²) in [4.78, 5) is 11.4. The number of unbranched alkanes of at least 4 members (excludes halogenated alkanes) is 1. The van der Waals surface area contributed by atoms with Gasteiger partial charge in [-0.1, -0.05) is 35.9 Å². The summed E-state index contributed by atoms with van der Waals surface area (Å²) in [7, 11) is 0. The van der Waals surface area contributed by atoms with Crippen LogP contribution in [0.25, 0.3) is 0 Å². The molecular formula is C10H19FINO2. The minimum absolute atomic E-state index is 0.383. The Bertz CT molecular complexity index is 206. The fourth-order valence-electron chi connectivity index (χ4n) is 0.891. The molecule has 2 N–H and O–H groups in total. The van der Waals surface area contributed by atoms with E-state index in [1.165, 1.54) is 13.8 Å². The van der Waals surface area contributed by atoms with Gasteiger partial charge in [-0.05, 0) is 20.3 Å². The van der Waals surface area contributed by atoms with E-state index in [0.29, 0.717) is 6.61 Å². The first-order valence-electron chi connectivity index (χ1n) is 5.06. The van der Waals surface area contributed by atoms with Crippen molar-refractivity contribution in [2.24, 2.45) is 5.73 Å². The molecule has 0 aromatic rings. The highest BCUT2D eigenvalue weighted by molar-refractivity contribution is 14.1. The first-order chi connectivity index (χ1) is 6.80. The maximum absolute atomic E-state index is 13.4. The molecule has 0 saturated heterocycles. The fourth-order valence-corrected chi connectivity index (χ4v) is 1.93. The van der Waals surface area contributed by atoms with Gasteiger partial charge in [0.2, 0.25) is 0 Å². The monoisotopic (exact) mass is 331 g/mol. The van der Waals surface area contributed by atoms with Crippen LogP contribution in [0.2, 0.25) is 0 Å². The SMILES string of the molecule is CCCCOC(=O)C(I)C(N)C(C)(C)F. The van der Waals surface area contributed by atoms with Gasteiger partial charge in [0.1, 0.15) is 9.59 Å². The number of carbonyl (C=O) groups is 1. The molecule has 0 aliphatic carbocycles. The van der Waals surface area contributed by atoms with E-state index in [9.17, 15) is 9.18 Å². The third-order valence-electron chi connectivity index (χ3n) is 2.08. The van der Waals surface area contributed by atoms with E-state index in [0.717, 1.165) is 12.8 Å². The van der Waals surface area contributed by atoms with Crippen molar-refractivity contribution in [1.82, 2.24) is 0 Å². The Hall–Kier alpha value is 0.0900. The summed E-state index contributed by atoms with van der Waals surface area (Å²) in [6.45, 7) is 5.12. The predicted octanol–water partition coefficient (Wildman–Crippen LogP) is 2.21. The quantitative estimate of drug-likeness (QED) is 0.351. The summed E-state index contributed by atoms with van der Waals surface area (Å²) < 4.78 is 17.8. The van der Waals surface area contributed by atoms with Gasteiger partial charge < -0.3 is 10.5 Å². The number of esters is 1. The molecule has 0 spiro atoms. The van der Waals surface area contributed by atoms with Crippen LogP contribution < -0.4 is 5.73 Å². The molecule has 0 aliphatic rings. The Labute approximate surface area is 104 Å². The largest absolute Gasteiger partial charge is 0.465 e. The van der Waals surface area contributed by atoms with Crippen molar-refractivity contribution in [2.75, 3.05) is 6.61 Å². The number of carbonyl (C=O) groups excluding carboxylic acids is 1. The lowest BCUT2D eigenvalue weighted by molar-refractivity contribution is -0.143. The van der Waals surface area contributed by atoms with Crippen LogP contribution in [-0.2, 0) is 9.53 Å². The molecule has 2 unspecified atom stereocenters. The first-order valence-corrected chi connectivity index (χ1v) is 6.30. The summed E-state index contributed by atoms with van der Waals surface area (Å²) in [5, 5.41) is 0. The highest BCUT2D eigenvalue weighted by atomic mass is 127. The second kappa shape index (κ2) is 6.62. The average Bonchev–Trinajstić information content (AvgIpc) is 2.14. The summed E-state index contributed by atoms with van der Waals surface area (Å²) in [5.41, 5.74) is 4.04. The van der Waals surface area contributed by atoms with E-state index in [4.69, 9.17) is 10.5 Å². The smallest absolute Gasteiger partial charge is 0.320 e. The van der Waals surface area contributed by atoms with Crippen molar-refractivity contribution in [3.05, 3.63) is 0 Å². The number of nitrogens with two attached hydrogens (primary N) is 1. The molecule has 15 heavy (non-hydrogen) atoms. The third kappa shape index (κ3) is 5.65. The number of alkyl halides is 2. The van der Waals surface area contributed by atoms with E-state index in [1.54, 1.807) is 0 Å². The Morgan fingerprint density at radius 2 is 2.13 bits per heavy atom. The minimum Gasteiger partial charge on any atom is -0.465 e. The minimum atomic E-state index is -1.57. The Kier molecular flexibility index (Phi) is 6.66. The molecule has 0 saturated carbocycles. The van der Waals surface area contributed by atoms with Crippen molar-refractivity contribution in [3.8, 4) is 0 Å². The van der Waals surface area contributed by atoms with Crippen LogP contribution in [0.1, 0.15) is 33.6 Å². The van der Waals surface area contributed by atoms with E-state index in [-0.39, 0.29) is 0 Å². The molecule has 0 bridgehead atoms. The van der Waals surface area contributed by atoms with Gasteiger partial charge in [0, 0.05) is 0 Å². The molecular weight excluding hydrogens is 312 g/mol. The second-order valence-corrected chi connectivity index (χ2v) is 5.36. The number of halogens is 2. The van der Waals surface area contributed by atoms with Gasteiger partial charge in [-0.25, -0.2) is 4.39 Å². The molecule has 3 nitrogen and oxygen atoms in total. The third-order valence-corrected chi connectivity index (χ3v) is 3.36. The van der Waals surface area contributed by atoms with Crippen LogP contribution in [0.3, 0.4) is 0 Å². The molecule has 90 valence electrons. The van der Waals surface area contributed by atoms with E-state index >= 15 is 0 Å². The Morgan fingerprint density at radius 3 is 2.53 bits per heavy atom. The lowest BCUT2D eigenvalue weighted by atomic mass is 9.99. The Balaban J connectivity index is 4.08. The molecule has 0 heterocycles. The highest BCUT2D eigenvalue weighted by Crippen LogP contribution is 2.21. The molecule has 0 aromatic heterocycles. The van der Waals surface area contributed by atoms with Crippen LogP contribution in [0.15, 0.2) is 0 Å². The van der Waals surface area contributed by atoms with E-state index in [1.807, 2.05) is 29.5 Å². The fraction of sp³-hybridized carbons (Fsp3) is 0.900. The summed E-state index contributed by atoms with van der Waals surface area (Å²) in [5.74, 6) is -0.428. The number of ether oxygens (including phenoxy) is 1. The predicted molar refractivity (Wildman–Crippen MR) is 66.8 cm³/mol. The van der Waals surface area contributed by atoms with Crippen LogP contribution >= 0.6 is 22.6 Å². The molecule has 0 aromatic carbocycles. The first kappa shape index (κ1) is 15.1. The van der Waals surface area contributed by atoms with Crippen LogP contribution in [0.5, 0.6) is 0 Å². The van der Waals surface area contributed by atoms with Crippen LogP contribution in [0.4, 0.5) is 4.39 Å². The number of rotatable bonds is 6. The van der Waals surface area contributed by atoms with Gasteiger partial charge in [0.25, 0.3) is 0 Å². The van der Waals surface area contributed by atoms with E-state index < -0.39 is 21.6 Å². The lowest BCUT2D eigenvalue weighted by Crippen LogP contribution is -2.49. The molecule has 0 amide bonds. The molecule has 2 atom stereocenters. The Morgan fingerprint density at radius 1 is 1.60 bits per heavy atom. The normalized spacial score (nSPS) is 15.9. The molecule has 0 aliphatic heterocycles. The summed E-state index contributed by atoms with van der Waals surface area (Å²) in [6, 6.07) is -0.841. The molecule has 0 radical (unpaired) electrons. The number of hydrogen-bond donors (Lipinski definition) is 1. The standard InChI is InChI=1S/C10H19FINO2/c1-4-5-6-15-9(14)7(12)8(13)10(2,3)11/h7-8H,4-6,13H2,1-3H3. The van der Waals surface area contributed by atoms with Crippen molar-refractivity contribution >= 4 is 28.6 Å². The topological polar surface area (TPSA) is 52.3 Å². The molecule has 5 heteroatoms. The van der Waals surface area contributed by atoms with E-state index in [2.05, 4.69) is 0 Å². The van der Waals surface area contributed by atoms with Gasteiger partial charge in [0.15, 0.2) is 0 Å². The van der Waals surface area contributed by atoms with Crippen LogP contribution in [0, 0.1) is 0 Å². The second-order valence-electron chi connectivity index (χ2n) is 4.01. The maximum atomic E-state index is 13.4. The van der Waals surface area contributed by atoms with Gasteiger partial charge >= 0.3 is 5.97 Å². The van der Waals surface area contributed by atoms with Gasteiger partial charge in [-0.2, -0.15) is 0 Å². The van der Waals surface area contributed by atoms with Gasteiger partial charge in [-0.15, -0.1) is 0 Å². The number of hydrogen-bond acceptors (Lipinski definition) is 3. The average molecular weight is 331 g/mol. The summed E-state index contributed by atoms with van der Waals surface area (Å²) >= 11 is 1.83. The van der Waals surface area contributed by atoms with Crippen LogP contribution in [-0.4, -0.2) is 28.2 Å². The summed E-state index contributed by atoms with van der Waals surface area (Å²) in [6.07, 6.45) is 1.78. The molecule has 0 rings (SSSR count). The van der Waals surface area contributed by atoms with Crippen molar-refractivity contribution < 1.29 is 13.9 Å².